The Balaban J connectivity index is 2.78. The van der Waals surface area contributed by atoms with Crippen LogP contribution in [0.25, 0.3) is 0 Å². The minimum Gasteiger partial charge on any atom is -0.446 e. The van der Waals surface area contributed by atoms with Crippen molar-refractivity contribution < 1.29 is 4.42 Å². The van der Waals surface area contributed by atoms with Gasteiger partial charge in [-0.05, 0) is 33.9 Å². The van der Waals surface area contributed by atoms with Crippen molar-refractivity contribution in [2.24, 2.45) is 0 Å². The highest BCUT2D eigenvalue weighted by Crippen LogP contribution is 2.23. The second-order valence-electron chi connectivity index (χ2n) is 4.29. The number of anilines is 1. The van der Waals surface area contributed by atoms with E-state index in [9.17, 15) is 0 Å². The summed E-state index contributed by atoms with van der Waals surface area (Å²) in [5.41, 5.74) is 0.0546. The van der Waals surface area contributed by atoms with Crippen LogP contribution in [-0.2, 0) is 0 Å². The number of likely N-dealkylation sites (N-methyl/N-ethyl adjacent to an activating group) is 2. The summed E-state index contributed by atoms with van der Waals surface area (Å²) in [6, 6.07) is 3.99. The van der Waals surface area contributed by atoms with Gasteiger partial charge in [0.2, 0.25) is 0 Å². The molecule has 1 rings (SSSR count). The van der Waals surface area contributed by atoms with Gasteiger partial charge < -0.3 is 14.6 Å². The molecular weight excluding hydrogens is 176 g/mol. The fourth-order valence-electron chi connectivity index (χ4n) is 1.45. The van der Waals surface area contributed by atoms with Crippen LogP contribution in [0.3, 0.4) is 0 Å². The molecule has 0 aliphatic carbocycles. The quantitative estimate of drug-likeness (QED) is 0.798. The molecule has 80 valence electrons. The highest BCUT2D eigenvalue weighted by Gasteiger charge is 2.24. The van der Waals surface area contributed by atoms with Gasteiger partial charge in [-0.1, -0.05) is 0 Å². The average Bonchev–Trinajstić information content (AvgIpc) is 2.50. The number of aryl methyl sites for hydroxylation is 1. The molecule has 0 atom stereocenters. The third-order valence-corrected chi connectivity index (χ3v) is 2.57. The van der Waals surface area contributed by atoms with Crippen LogP contribution in [0.4, 0.5) is 5.88 Å². The minimum atomic E-state index is 0.0546. The lowest BCUT2D eigenvalue weighted by atomic mass is 10.0. The van der Waals surface area contributed by atoms with Gasteiger partial charge in [0.25, 0.3) is 0 Å². The number of nitrogens with zero attached hydrogens (tertiary/aromatic N) is 1. The van der Waals surface area contributed by atoms with Gasteiger partial charge in [0.15, 0.2) is 5.88 Å². The largest absolute Gasteiger partial charge is 0.446 e. The first kappa shape index (κ1) is 11.1. The third kappa shape index (κ3) is 2.29. The topological polar surface area (TPSA) is 28.4 Å². The van der Waals surface area contributed by atoms with Gasteiger partial charge in [0.05, 0.1) is 0 Å². The Hall–Kier alpha value is -0.960. The van der Waals surface area contributed by atoms with E-state index in [2.05, 4.69) is 31.1 Å². The fraction of sp³-hybridized carbons (Fsp3) is 0.636. The number of furan rings is 1. The molecule has 0 bridgehead atoms. The Morgan fingerprint density at radius 2 is 2.07 bits per heavy atom. The van der Waals surface area contributed by atoms with Gasteiger partial charge in [-0.2, -0.15) is 0 Å². The fourth-order valence-corrected chi connectivity index (χ4v) is 1.45. The van der Waals surface area contributed by atoms with E-state index in [0.717, 1.165) is 18.2 Å². The minimum absolute atomic E-state index is 0.0546. The molecule has 1 aromatic heterocycles. The monoisotopic (exact) mass is 196 g/mol. The van der Waals surface area contributed by atoms with E-state index in [1.54, 1.807) is 0 Å². The van der Waals surface area contributed by atoms with Crippen LogP contribution in [0.5, 0.6) is 0 Å². The predicted octanol–water partition coefficient (Wildman–Crippen LogP) is 2.02. The molecule has 3 heteroatoms. The summed E-state index contributed by atoms with van der Waals surface area (Å²) in [5.74, 6) is 1.87. The third-order valence-electron chi connectivity index (χ3n) is 2.57. The molecule has 0 aromatic carbocycles. The summed E-state index contributed by atoms with van der Waals surface area (Å²) in [6.45, 7) is 7.24. The Kier molecular flexibility index (Phi) is 3.21. The lowest BCUT2D eigenvalue weighted by Gasteiger charge is -2.35. The second-order valence-corrected chi connectivity index (χ2v) is 4.29. The van der Waals surface area contributed by atoms with Crippen molar-refractivity contribution in [1.29, 1.82) is 0 Å². The lowest BCUT2D eigenvalue weighted by Crippen LogP contribution is -2.48. The van der Waals surface area contributed by atoms with Crippen molar-refractivity contribution >= 4 is 5.88 Å². The van der Waals surface area contributed by atoms with E-state index in [4.69, 9.17) is 4.42 Å². The Morgan fingerprint density at radius 1 is 1.43 bits per heavy atom. The van der Waals surface area contributed by atoms with Crippen LogP contribution >= 0.6 is 0 Å². The number of rotatable bonds is 4. The number of nitrogens with one attached hydrogen (secondary N) is 1. The highest BCUT2D eigenvalue weighted by atomic mass is 16.4. The second kappa shape index (κ2) is 4.05. The van der Waals surface area contributed by atoms with E-state index in [0.29, 0.717) is 0 Å². The predicted molar refractivity (Wildman–Crippen MR) is 59.9 cm³/mol. The average molecular weight is 196 g/mol. The first-order valence-corrected chi connectivity index (χ1v) is 4.92. The molecular formula is C11H20N2O. The summed E-state index contributed by atoms with van der Waals surface area (Å²) in [4.78, 5) is 2.15. The molecule has 14 heavy (non-hydrogen) atoms. The van der Waals surface area contributed by atoms with Gasteiger partial charge in [0.1, 0.15) is 5.76 Å². The van der Waals surface area contributed by atoms with Crippen LogP contribution < -0.4 is 10.2 Å². The van der Waals surface area contributed by atoms with Gasteiger partial charge in [0, 0.05) is 25.2 Å². The van der Waals surface area contributed by atoms with Crippen LogP contribution in [-0.4, -0.2) is 26.2 Å². The van der Waals surface area contributed by atoms with Crippen molar-refractivity contribution in [3.05, 3.63) is 17.9 Å². The van der Waals surface area contributed by atoms with Crippen LogP contribution in [0.1, 0.15) is 19.6 Å². The maximum Gasteiger partial charge on any atom is 0.195 e. The maximum absolute atomic E-state index is 5.58. The van der Waals surface area contributed by atoms with Gasteiger partial charge in [-0.3, -0.25) is 0 Å². The summed E-state index contributed by atoms with van der Waals surface area (Å²) in [7, 11) is 4.01. The lowest BCUT2D eigenvalue weighted by molar-refractivity contribution is 0.421. The molecule has 1 heterocycles. The molecule has 3 nitrogen and oxygen atoms in total. The summed E-state index contributed by atoms with van der Waals surface area (Å²) in [6.07, 6.45) is 0. The summed E-state index contributed by atoms with van der Waals surface area (Å²) in [5, 5.41) is 3.18. The molecule has 0 amide bonds. The molecule has 0 saturated carbocycles. The van der Waals surface area contributed by atoms with Crippen molar-refractivity contribution in [3.8, 4) is 0 Å². The number of hydrogen-bond acceptors (Lipinski definition) is 3. The SMILES string of the molecule is CNCC(C)(C)N(C)c1ccc(C)o1. The summed E-state index contributed by atoms with van der Waals surface area (Å²) >= 11 is 0. The van der Waals surface area contributed by atoms with Gasteiger partial charge >= 0.3 is 0 Å². The van der Waals surface area contributed by atoms with Gasteiger partial charge in [-0.15, -0.1) is 0 Å². The molecule has 0 spiro atoms. The Morgan fingerprint density at radius 3 is 2.50 bits per heavy atom. The molecule has 0 aliphatic rings. The molecule has 0 aliphatic heterocycles. The molecule has 0 radical (unpaired) electrons. The Labute approximate surface area is 86.1 Å². The van der Waals surface area contributed by atoms with Crippen molar-refractivity contribution in [2.75, 3.05) is 25.5 Å². The van der Waals surface area contributed by atoms with E-state index < -0.39 is 0 Å². The van der Waals surface area contributed by atoms with Crippen molar-refractivity contribution in [2.45, 2.75) is 26.3 Å². The van der Waals surface area contributed by atoms with Gasteiger partial charge in [-0.25, -0.2) is 0 Å². The smallest absolute Gasteiger partial charge is 0.195 e. The zero-order valence-electron chi connectivity index (χ0n) is 9.72. The zero-order chi connectivity index (χ0) is 10.8. The molecule has 1 N–H and O–H groups in total. The van der Waals surface area contributed by atoms with Crippen LogP contribution in [0.2, 0.25) is 0 Å². The van der Waals surface area contributed by atoms with E-state index >= 15 is 0 Å². The standard InChI is InChI=1S/C11H20N2O/c1-9-6-7-10(14-9)13(5)11(2,3)8-12-4/h6-7,12H,8H2,1-5H3. The molecule has 0 fully saturated rings. The first-order valence-electron chi connectivity index (χ1n) is 4.92. The maximum atomic E-state index is 5.58. The number of hydrogen-bond donors (Lipinski definition) is 1. The van der Waals surface area contributed by atoms with Crippen LogP contribution in [0, 0.1) is 6.92 Å². The van der Waals surface area contributed by atoms with Crippen molar-refractivity contribution in [1.82, 2.24) is 5.32 Å². The molecule has 0 saturated heterocycles. The summed E-state index contributed by atoms with van der Waals surface area (Å²) < 4.78 is 5.58. The van der Waals surface area contributed by atoms with E-state index in [-0.39, 0.29) is 5.54 Å². The Bertz CT molecular complexity index is 291. The molecule has 1 aromatic rings. The van der Waals surface area contributed by atoms with Crippen LogP contribution in [0.15, 0.2) is 16.5 Å². The first-order chi connectivity index (χ1) is 6.47. The molecule has 0 unspecified atom stereocenters. The van der Waals surface area contributed by atoms with E-state index in [1.807, 2.05) is 26.1 Å². The zero-order valence-corrected chi connectivity index (χ0v) is 9.72. The highest BCUT2D eigenvalue weighted by molar-refractivity contribution is 5.38. The van der Waals surface area contributed by atoms with Crippen molar-refractivity contribution in [3.63, 3.8) is 0 Å². The van der Waals surface area contributed by atoms with E-state index in [1.165, 1.54) is 0 Å². The normalized spacial score (nSPS) is 11.8.